The van der Waals surface area contributed by atoms with E-state index in [9.17, 15) is 0 Å². The van der Waals surface area contributed by atoms with Gasteiger partial charge in [-0.15, -0.1) is 11.8 Å². The van der Waals surface area contributed by atoms with Crippen molar-refractivity contribution in [2.45, 2.75) is 42.8 Å². The van der Waals surface area contributed by atoms with Crippen molar-refractivity contribution in [2.24, 2.45) is 0 Å². The number of anilines is 1. The molecule has 1 heterocycles. The third-order valence-corrected chi connectivity index (χ3v) is 4.49. The molecule has 1 aliphatic rings. The predicted octanol–water partition coefficient (Wildman–Crippen LogP) is 2.17. The molecule has 4 nitrogen and oxygen atoms in total. The van der Waals surface area contributed by atoms with Gasteiger partial charge in [-0.2, -0.15) is 0 Å². The molecule has 1 aromatic heterocycles. The molecule has 1 aliphatic carbocycles. The molecule has 0 spiro atoms. The van der Waals surface area contributed by atoms with Crippen LogP contribution in [0.4, 0.5) is 5.82 Å². The minimum absolute atomic E-state index is 0.610. The summed E-state index contributed by atoms with van der Waals surface area (Å²) >= 11 is 1.66. The number of nitrogens with one attached hydrogen (secondary N) is 1. The molecular formula is C13H22N4S. The summed E-state index contributed by atoms with van der Waals surface area (Å²) in [5.41, 5.74) is 0. The molecule has 1 aromatic rings. The second-order valence-electron chi connectivity index (χ2n) is 4.82. The van der Waals surface area contributed by atoms with Gasteiger partial charge in [-0.1, -0.05) is 0 Å². The van der Waals surface area contributed by atoms with Crippen LogP contribution < -0.4 is 10.2 Å². The molecule has 100 valence electrons. The molecule has 1 saturated carbocycles. The Balaban J connectivity index is 2.00. The second-order valence-corrected chi connectivity index (χ2v) is 5.65. The molecule has 2 rings (SSSR count). The molecule has 0 radical (unpaired) electrons. The largest absolute Gasteiger partial charge is 0.357 e. The van der Waals surface area contributed by atoms with Crippen LogP contribution in [-0.4, -0.2) is 42.4 Å². The first kappa shape index (κ1) is 13.6. The Labute approximate surface area is 114 Å². The van der Waals surface area contributed by atoms with Crippen LogP contribution in [0.2, 0.25) is 0 Å². The molecule has 0 saturated heterocycles. The lowest BCUT2D eigenvalue weighted by atomic mass is 9.90. The highest BCUT2D eigenvalue weighted by Crippen LogP contribution is 2.26. The van der Waals surface area contributed by atoms with Crippen LogP contribution in [0, 0.1) is 0 Å². The number of hydrogen-bond donors (Lipinski definition) is 1. The number of aromatic nitrogens is 2. The van der Waals surface area contributed by atoms with E-state index in [-0.39, 0.29) is 0 Å². The zero-order chi connectivity index (χ0) is 13.0. The summed E-state index contributed by atoms with van der Waals surface area (Å²) in [6, 6.07) is 3.38. The zero-order valence-corrected chi connectivity index (χ0v) is 12.2. The lowest BCUT2D eigenvalue weighted by Gasteiger charge is -2.35. The molecule has 5 heteroatoms. The van der Waals surface area contributed by atoms with Crippen LogP contribution in [0.25, 0.3) is 0 Å². The van der Waals surface area contributed by atoms with Crippen LogP contribution >= 0.6 is 11.8 Å². The predicted molar refractivity (Wildman–Crippen MR) is 77.3 cm³/mol. The molecule has 0 aliphatic heterocycles. The van der Waals surface area contributed by atoms with Gasteiger partial charge in [-0.25, -0.2) is 9.97 Å². The summed E-state index contributed by atoms with van der Waals surface area (Å²) in [4.78, 5) is 10.9. The summed E-state index contributed by atoms with van der Waals surface area (Å²) in [5, 5.41) is 4.41. The fraction of sp³-hybridized carbons (Fsp3) is 0.692. The second kappa shape index (κ2) is 6.38. The van der Waals surface area contributed by atoms with Crippen molar-refractivity contribution < 1.29 is 0 Å². The van der Waals surface area contributed by atoms with Crippen LogP contribution in [0.5, 0.6) is 0 Å². The Morgan fingerprint density at radius 1 is 1.28 bits per heavy atom. The van der Waals surface area contributed by atoms with Gasteiger partial charge in [-0.05, 0) is 39.0 Å². The molecule has 0 atom stereocenters. The van der Waals surface area contributed by atoms with E-state index in [1.165, 1.54) is 25.7 Å². The van der Waals surface area contributed by atoms with E-state index in [2.05, 4.69) is 40.3 Å². The highest BCUT2D eigenvalue weighted by Gasteiger charge is 2.23. The number of hydrogen-bond acceptors (Lipinski definition) is 5. The quantitative estimate of drug-likeness (QED) is 0.668. The topological polar surface area (TPSA) is 41.0 Å². The number of rotatable bonds is 4. The van der Waals surface area contributed by atoms with E-state index >= 15 is 0 Å². The average Bonchev–Trinajstić information content (AvgIpc) is 2.46. The summed E-state index contributed by atoms with van der Waals surface area (Å²) in [5.74, 6) is 1.04. The Morgan fingerprint density at radius 3 is 2.61 bits per heavy atom. The number of nitrogens with zero attached hydrogens (tertiary/aromatic N) is 3. The van der Waals surface area contributed by atoms with Crippen LogP contribution in [0.1, 0.15) is 25.7 Å². The third kappa shape index (κ3) is 3.14. The highest BCUT2D eigenvalue weighted by molar-refractivity contribution is 7.98. The maximum absolute atomic E-state index is 4.39. The van der Waals surface area contributed by atoms with Crippen molar-refractivity contribution in [3.63, 3.8) is 0 Å². The van der Waals surface area contributed by atoms with Gasteiger partial charge in [0, 0.05) is 25.2 Å². The minimum Gasteiger partial charge on any atom is -0.357 e. The van der Waals surface area contributed by atoms with Crippen LogP contribution in [0.15, 0.2) is 17.4 Å². The van der Waals surface area contributed by atoms with Gasteiger partial charge in [0.1, 0.15) is 17.2 Å². The van der Waals surface area contributed by atoms with Gasteiger partial charge < -0.3 is 10.2 Å². The smallest absolute Gasteiger partial charge is 0.133 e. The van der Waals surface area contributed by atoms with Gasteiger partial charge in [0.05, 0.1) is 0 Å². The van der Waals surface area contributed by atoms with Crippen molar-refractivity contribution in [2.75, 3.05) is 25.3 Å². The molecule has 1 fully saturated rings. The standard InChI is InChI=1S/C13H22N4S/c1-14-10-4-6-11(7-5-10)17(2)12-8-13(18-3)16-9-15-12/h8-11,14H,4-7H2,1-3H3. The summed E-state index contributed by atoms with van der Waals surface area (Å²) < 4.78 is 0. The maximum Gasteiger partial charge on any atom is 0.133 e. The Kier molecular flexibility index (Phi) is 4.83. The van der Waals surface area contributed by atoms with E-state index in [1.54, 1.807) is 18.1 Å². The molecule has 1 N–H and O–H groups in total. The first-order valence-electron chi connectivity index (χ1n) is 6.50. The Hall–Kier alpha value is -0.810. The SMILES string of the molecule is CNC1CCC(N(C)c2cc(SC)ncn2)CC1. The van der Waals surface area contributed by atoms with Crippen molar-refractivity contribution in [3.05, 3.63) is 12.4 Å². The molecule has 0 bridgehead atoms. The Bertz CT molecular complexity index is 377. The maximum atomic E-state index is 4.39. The third-order valence-electron chi connectivity index (χ3n) is 3.85. The van der Waals surface area contributed by atoms with E-state index in [1.807, 2.05) is 6.26 Å². The normalized spacial score (nSPS) is 23.9. The van der Waals surface area contributed by atoms with Crippen molar-refractivity contribution >= 4 is 17.6 Å². The lowest BCUT2D eigenvalue weighted by molar-refractivity contribution is 0.350. The molecule has 0 aromatic carbocycles. The van der Waals surface area contributed by atoms with Crippen molar-refractivity contribution in [3.8, 4) is 0 Å². The zero-order valence-electron chi connectivity index (χ0n) is 11.4. The fourth-order valence-corrected chi connectivity index (χ4v) is 2.95. The first-order valence-corrected chi connectivity index (χ1v) is 7.73. The van der Waals surface area contributed by atoms with E-state index in [0.717, 1.165) is 10.8 Å². The Morgan fingerprint density at radius 2 is 2.00 bits per heavy atom. The molecule has 18 heavy (non-hydrogen) atoms. The van der Waals surface area contributed by atoms with Crippen LogP contribution in [0.3, 0.4) is 0 Å². The van der Waals surface area contributed by atoms with Crippen molar-refractivity contribution in [1.82, 2.24) is 15.3 Å². The molecule has 0 unspecified atom stereocenters. The minimum atomic E-state index is 0.610. The first-order chi connectivity index (χ1) is 8.74. The summed E-state index contributed by atoms with van der Waals surface area (Å²) in [7, 11) is 4.21. The van der Waals surface area contributed by atoms with E-state index in [0.29, 0.717) is 12.1 Å². The molecular weight excluding hydrogens is 244 g/mol. The van der Waals surface area contributed by atoms with Gasteiger partial charge in [0.15, 0.2) is 0 Å². The lowest BCUT2D eigenvalue weighted by Crippen LogP contribution is -2.40. The van der Waals surface area contributed by atoms with Gasteiger partial charge >= 0.3 is 0 Å². The van der Waals surface area contributed by atoms with Gasteiger partial charge in [0.2, 0.25) is 0 Å². The fourth-order valence-electron chi connectivity index (χ4n) is 2.57. The van der Waals surface area contributed by atoms with Gasteiger partial charge in [-0.3, -0.25) is 0 Å². The van der Waals surface area contributed by atoms with Crippen LogP contribution in [-0.2, 0) is 0 Å². The number of thioether (sulfide) groups is 1. The van der Waals surface area contributed by atoms with Gasteiger partial charge in [0.25, 0.3) is 0 Å². The summed E-state index contributed by atoms with van der Waals surface area (Å²) in [6.45, 7) is 0. The van der Waals surface area contributed by atoms with Crippen molar-refractivity contribution in [1.29, 1.82) is 0 Å². The van der Waals surface area contributed by atoms with E-state index < -0.39 is 0 Å². The highest BCUT2D eigenvalue weighted by atomic mass is 32.2. The monoisotopic (exact) mass is 266 g/mol. The average molecular weight is 266 g/mol. The van der Waals surface area contributed by atoms with E-state index in [4.69, 9.17) is 0 Å². The molecule has 0 amide bonds. The summed E-state index contributed by atoms with van der Waals surface area (Å²) in [6.07, 6.45) is 8.69.